The summed E-state index contributed by atoms with van der Waals surface area (Å²) in [6.45, 7) is 3.19. The van der Waals surface area contributed by atoms with Crippen LogP contribution in [-0.2, 0) is 17.3 Å². The molecule has 1 aromatic heterocycles. The summed E-state index contributed by atoms with van der Waals surface area (Å²) in [4.78, 5) is 3.93. The third-order valence-electron chi connectivity index (χ3n) is 6.52. The number of hydrogen-bond donors (Lipinski definition) is 1. The molecule has 1 fully saturated rings. The molecule has 1 heterocycles. The standard InChI is InChI=1S/C29H32F3NO2/c1-20-7-12-24(13-8-20)26-15-14-25(28(33-26)29(30,31)32)27(34)16-11-23(19-35-18-22-9-10-22)17-21-5-3-2-4-6-21/h2-8,12-15,22-23,27,34H,9-11,16-19H2,1H3/t23-,27+/m0/s1. The molecule has 3 aromatic rings. The smallest absolute Gasteiger partial charge is 0.388 e. The van der Waals surface area contributed by atoms with E-state index in [4.69, 9.17) is 4.74 Å². The van der Waals surface area contributed by atoms with Gasteiger partial charge >= 0.3 is 6.18 Å². The van der Waals surface area contributed by atoms with Crippen LogP contribution in [0, 0.1) is 18.8 Å². The Balaban J connectivity index is 1.47. The molecule has 0 aliphatic heterocycles. The first-order chi connectivity index (χ1) is 16.8. The Morgan fingerprint density at radius 3 is 2.34 bits per heavy atom. The van der Waals surface area contributed by atoms with E-state index < -0.39 is 18.0 Å². The lowest BCUT2D eigenvalue weighted by molar-refractivity contribution is -0.142. The summed E-state index contributed by atoms with van der Waals surface area (Å²) in [6.07, 6.45) is -1.99. The molecule has 1 saturated carbocycles. The van der Waals surface area contributed by atoms with Crippen LogP contribution in [0.15, 0.2) is 66.7 Å². The zero-order chi connectivity index (χ0) is 24.8. The van der Waals surface area contributed by atoms with Gasteiger partial charge in [0.2, 0.25) is 0 Å². The fourth-order valence-corrected chi connectivity index (χ4v) is 4.28. The lowest BCUT2D eigenvalue weighted by Crippen LogP contribution is -2.18. The van der Waals surface area contributed by atoms with E-state index in [-0.39, 0.29) is 23.6 Å². The fraction of sp³-hybridized carbons (Fsp3) is 0.414. The molecule has 35 heavy (non-hydrogen) atoms. The van der Waals surface area contributed by atoms with Gasteiger partial charge in [0.05, 0.1) is 11.8 Å². The molecule has 4 rings (SSSR count). The molecule has 0 amide bonds. The second-order valence-electron chi connectivity index (χ2n) is 9.63. The van der Waals surface area contributed by atoms with E-state index in [9.17, 15) is 18.3 Å². The highest BCUT2D eigenvalue weighted by molar-refractivity contribution is 5.60. The van der Waals surface area contributed by atoms with Crippen molar-refractivity contribution in [2.24, 2.45) is 11.8 Å². The van der Waals surface area contributed by atoms with E-state index in [2.05, 4.69) is 4.98 Å². The van der Waals surface area contributed by atoms with Crippen LogP contribution < -0.4 is 0 Å². The summed E-state index contributed by atoms with van der Waals surface area (Å²) < 4.78 is 47.6. The Morgan fingerprint density at radius 2 is 1.69 bits per heavy atom. The number of pyridine rings is 1. The number of aliphatic hydroxyl groups is 1. The molecule has 2 atom stereocenters. The second kappa shape index (κ2) is 11.4. The van der Waals surface area contributed by atoms with Crippen LogP contribution in [0.5, 0.6) is 0 Å². The predicted octanol–water partition coefficient (Wildman–Crippen LogP) is 7.17. The quantitative estimate of drug-likeness (QED) is 0.314. The minimum atomic E-state index is -4.66. The van der Waals surface area contributed by atoms with E-state index in [1.165, 1.54) is 18.9 Å². The summed E-state index contributed by atoms with van der Waals surface area (Å²) in [5, 5.41) is 10.8. The fourth-order valence-electron chi connectivity index (χ4n) is 4.28. The van der Waals surface area contributed by atoms with Crippen molar-refractivity contribution in [3.63, 3.8) is 0 Å². The summed E-state index contributed by atoms with van der Waals surface area (Å²) in [5.41, 5.74) is 1.82. The van der Waals surface area contributed by atoms with Crippen LogP contribution in [0.2, 0.25) is 0 Å². The molecule has 0 bridgehead atoms. The van der Waals surface area contributed by atoms with Gasteiger partial charge in [-0.05, 0) is 62.5 Å². The number of alkyl halides is 3. The van der Waals surface area contributed by atoms with E-state index in [1.54, 1.807) is 18.2 Å². The van der Waals surface area contributed by atoms with Gasteiger partial charge in [-0.1, -0.05) is 66.2 Å². The van der Waals surface area contributed by atoms with E-state index in [0.29, 0.717) is 24.5 Å². The first-order valence-electron chi connectivity index (χ1n) is 12.2. The number of rotatable bonds is 11. The van der Waals surface area contributed by atoms with Gasteiger partial charge in [-0.2, -0.15) is 13.2 Å². The monoisotopic (exact) mass is 483 g/mol. The average molecular weight is 484 g/mol. The third-order valence-corrected chi connectivity index (χ3v) is 6.52. The van der Waals surface area contributed by atoms with Crippen LogP contribution in [0.3, 0.4) is 0 Å². The SMILES string of the molecule is Cc1ccc(-c2ccc([C@H](O)CC[C@H](COCC3CC3)Cc3ccccc3)c(C(F)(F)F)n2)cc1. The van der Waals surface area contributed by atoms with Gasteiger partial charge in [0.1, 0.15) is 0 Å². The molecule has 186 valence electrons. The number of hydrogen-bond acceptors (Lipinski definition) is 3. The molecular weight excluding hydrogens is 451 g/mol. The molecule has 3 nitrogen and oxygen atoms in total. The van der Waals surface area contributed by atoms with Gasteiger partial charge in [0.15, 0.2) is 5.69 Å². The normalized spacial score (nSPS) is 15.7. The zero-order valence-electron chi connectivity index (χ0n) is 20.0. The maximum Gasteiger partial charge on any atom is 0.433 e. The molecule has 1 N–H and O–H groups in total. The maximum absolute atomic E-state index is 13.9. The summed E-state index contributed by atoms with van der Waals surface area (Å²) in [5.74, 6) is 0.755. The van der Waals surface area contributed by atoms with Crippen molar-refractivity contribution >= 4 is 0 Å². The van der Waals surface area contributed by atoms with Crippen molar-refractivity contribution in [2.75, 3.05) is 13.2 Å². The summed E-state index contributed by atoms with van der Waals surface area (Å²) >= 11 is 0. The number of aromatic nitrogens is 1. The van der Waals surface area contributed by atoms with Crippen LogP contribution in [-0.4, -0.2) is 23.3 Å². The van der Waals surface area contributed by atoms with Gasteiger partial charge < -0.3 is 9.84 Å². The summed E-state index contributed by atoms with van der Waals surface area (Å²) in [6, 6.07) is 20.1. The van der Waals surface area contributed by atoms with Crippen LogP contribution in [0.4, 0.5) is 13.2 Å². The van der Waals surface area contributed by atoms with Gasteiger partial charge in [0, 0.05) is 24.3 Å². The molecule has 0 radical (unpaired) electrons. The third kappa shape index (κ3) is 7.39. The Hall–Kier alpha value is -2.70. The van der Waals surface area contributed by atoms with Crippen molar-refractivity contribution in [3.05, 3.63) is 89.1 Å². The lowest BCUT2D eigenvalue weighted by Gasteiger charge is -2.21. The van der Waals surface area contributed by atoms with Crippen LogP contribution in [0.25, 0.3) is 11.3 Å². The minimum absolute atomic E-state index is 0.111. The molecule has 1 aliphatic rings. The van der Waals surface area contributed by atoms with Crippen molar-refractivity contribution in [3.8, 4) is 11.3 Å². The van der Waals surface area contributed by atoms with Crippen molar-refractivity contribution in [2.45, 2.75) is 51.3 Å². The number of aliphatic hydroxyl groups excluding tert-OH is 1. The number of benzene rings is 2. The van der Waals surface area contributed by atoms with Gasteiger partial charge in [-0.25, -0.2) is 4.98 Å². The second-order valence-corrected chi connectivity index (χ2v) is 9.63. The van der Waals surface area contributed by atoms with E-state index in [0.717, 1.165) is 24.2 Å². The molecular formula is C29H32F3NO2. The highest BCUT2D eigenvalue weighted by atomic mass is 19.4. The molecule has 0 saturated heterocycles. The van der Waals surface area contributed by atoms with E-state index in [1.807, 2.05) is 49.4 Å². The molecule has 2 aromatic carbocycles. The Morgan fingerprint density at radius 1 is 0.971 bits per heavy atom. The zero-order valence-corrected chi connectivity index (χ0v) is 20.0. The number of nitrogens with zero attached hydrogens (tertiary/aromatic N) is 1. The number of ether oxygens (including phenoxy) is 1. The van der Waals surface area contributed by atoms with Gasteiger partial charge in [0.25, 0.3) is 0 Å². The Labute approximate surface area is 205 Å². The van der Waals surface area contributed by atoms with Crippen molar-refractivity contribution in [1.29, 1.82) is 0 Å². The average Bonchev–Trinajstić information content (AvgIpc) is 3.67. The number of aryl methyl sites for hydroxylation is 1. The summed E-state index contributed by atoms with van der Waals surface area (Å²) in [7, 11) is 0. The van der Waals surface area contributed by atoms with E-state index >= 15 is 0 Å². The van der Waals surface area contributed by atoms with Crippen LogP contribution in [0.1, 0.15) is 54.2 Å². The van der Waals surface area contributed by atoms with Crippen molar-refractivity contribution < 1.29 is 23.0 Å². The highest BCUT2D eigenvalue weighted by Crippen LogP contribution is 2.37. The molecule has 1 aliphatic carbocycles. The largest absolute Gasteiger partial charge is 0.433 e. The first-order valence-corrected chi connectivity index (χ1v) is 12.2. The Kier molecular flexibility index (Phi) is 8.24. The molecule has 0 unspecified atom stereocenters. The molecule has 0 spiro atoms. The number of halogens is 3. The minimum Gasteiger partial charge on any atom is -0.388 e. The maximum atomic E-state index is 13.9. The first kappa shape index (κ1) is 25.4. The molecule has 6 heteroatoms. The topological polar surface area (TPSA) is 42.4 Å². The Bertz CT molecular complexity index is 1080. The lowest BCUT2D eigenvalue weighted by atomic mass is 9.92. The van der Waals surface area contributed by atoms with Gasteiger partial charge in [-0.15, -0.1) is 0 Å². The van der Waals surface area contributed by atoms with Crippen LogP contribution >= 0.6 is 0 Å². The predicted molar refractivity (Wildman–Crippen MR) is 131 cm³/mol. The van der Waals surface area contributed by atoms with Crippen molar-refractivity contribution in [1.82, 2.24) is 4.98 Å². The van der Waals surface area contributed by atoms with Gasteiger partial charge in [-0.3, -0.25) is 0 Å². The highest BCUT2D eigenvalue weighted by Gasteiger charge is 2.37.